The molecule has 3 aromatic rings. The number of piperidine rings is 1. The predicted molar refractivity (Wildman–Crippen MR) is 154 cm³/mol. The molecule has 9 heteroatoms. The number of pyridine rings is 1. The maximum absolute atomic E-state index is 14.1. The van der Waals surface area contributed by atoms with Gasteiger partial charge in [0.15, 0.2) is 0 Å². The number of rotatable bonds is 6. The van der Waals surface area contributed by atoms with Crippen LogP contribution in [0.15, 0.2) is 36.7 Å². The summed E-state index contributed by atoms with van der Waals surface area (Å²) in [4.78, 5) is 20.8. The SMILES string of the molecule is CC1CC(c2cccc(NC(=O)c3cc(CN4CC[C@H](F)[C@H](C)C4)c4c(n3)C(C)(C)CN4)c2)(c2nncn2C)C1. The number of hydrogen-bond acceptors (Lipinski definition) is 6. The van der Waals surface area contributed by atoms with Crippen LogP contribution in [-0.4, -0.2) is 56.4 Å². The molecule has 2 aliphatic heterocycles. The molecule has 0 spiro atoms. The maximum Gasteiger partial charge on any atom is 0.274 e. The molecule has 2 aromatic heterocycles. The van der Waals surface area contributed by atoms with Gasteiger partial charge < -0.3 is 15.2 Å². The highest BCUT2D eigenvalue weighted by atomic mass is 19.1. The molecule has 1 aromatic carbocycles. The molecule has 212 valence electrons. The first-order valence-corrected chi connectivity index (χ1v) is 14.5. The van der Waals surface area contributed by atoms with Crippen LogP contribution in [0.1, 0.15) is 80.1 Å². The molecule has 6 rings (SSSR count). The smallest absolute Gasteiger partial charge is 0.274 e. The van der Waals surface area contributed by atoms with Gasteiger partial charge in [0, 0.05) is 50.2 Å². The zero-order valence-electron chi connectivity index (χ0n) is 24.2. The largest absolute Gasteiger partial charge is 0.382 e. The van der Waals surface area contributed by atoms with Crippen LogP contribution in [0.5, 0.6) is 0 Å². The van der Waals surface area contributed by atoms with Gasteiger partial charge in [0.1, 0.15) is 24.0 Å². The second-order valence-electron chi connectivity index (χ2n) is 13.0. The minimum absolute atomic E-state index is 0.00609. The summed E-state index contributed by atoms with van der Waals surface area (Å²) in [6, 6.07) is 10.0. The Morgan fingerprint density at radius 1 is 1.23 bits per heavy atom. The van der Waals surface area contributed by atoms with Gasteiger partial charge in [0.05, 0.1) is 16.8 Å². The first-order chi connectivity index (χ1) is 19.1. The van der Waals surface area contributed by atoms with E-state index >= 15 is 0 Å². The number of halogens is 1. The minimum Gasteiger partial charge on any atom is -0.382 e. The molecule has 1 saturated heterocycles. The highest BCUT2D eigenvalue weighted by Crippen LogP contribution is 2.51. The summed E-state index contributed by atoms with van der Waals surface area (Å²) in [6.07, 6.45) is 3.54. The number of nitrogens with one attached hydrogen (secondary N) is 2. The van der Waals surface area contributed by atoms with Crippen molar-refractivity contribution >= 4 is 17.3 Å². The third-order valence-corrected chi connectivity index (χ3v) is 9.17. The van der Waals surface area contributed by atoms with Crippen molar-refractivity contribution in [3.63, 3.8) is 0 Å². The van der Waals surface area contributed by atoms with Gasteiger partial charge >= 0.3 is 0 Å². The Morgan fingerprint density at radius 3 is 2.73 bits per heavy atom. The molecular formula is C31H40FN7O. The van der Waals surface area contributed by atoms with Crippen LogP contribution in [0.3, 0.4) is 0 Å². The monoisotopic (exact) mass is 545 g/mol. The summed E-state index contributed by atoms with van der Waals surface area (Å²) in [6.45, 7) is 11.4. The summed E-state index contributed by atoms with van der Waals surface area (Å²) < 4.78 is 16.1. The van der Waals surface area contributed by atoms with Crippen LogP contribution in [-0.2, 0) is 24.4 Å². The van der Waals surface area contributed by atoms with Crippen molar-refractivity contribution in [3.8, 4) is 0 Å². The fourth-order valence-corrected chi connectivity index (χ4v) is 6.99. The number of aryl methyl sites for hydroxylation is 1. The molecular weight excluding hydrogens is 505 g/mol. The molecule has 0 unspecified atom stereocenters. The molecule has 4 heterocycles. The maximum atomic E-state index is 14.1. The predicted octanol–water partition coefficient (Wildman–Crippen LogP) is 5.06. The van der Waals surface area contributed by atoms with E-state index in [0.717, 1.165) is 53.4 Å². The number of carbonyl (C=O) groups is 1. The number of aromatic nitrogens is 4. The van der Waals surface area contributed by atoms with E-state index < -0.39 is 6.17 Å². The second kappa shape index (κ2) is 9.94. The van der Waals surface area contributed by atoms with E-state index in [1.807, 2.05) is 36.7 Å². The lowest BCUT2D eigenvalue weighted by Gasteiger charge is -2.46. The van der Waals surface area contributed by atoms with Gasteiger partial charge in [-0.1, -0.05) is 39.8 Å². The number of likely N-dealkylation sites (tertiary alicyclic amines) is 1. The molecule has 2 atom stereocenters. The molecule has 2 fully saturated rings. The highest BCUT2D eigenvalue weighted by molar-refractivity contribution is 6.03. The lowest BCUT2D eigenvalue weighted by Crippen LogP contribution is -2.43. The summed E-state index contributed by atoms with van der Waals surface area (Å²) >= 11 is 0. The Labute approximate surface area is 235 Å². The number of amides is 1. The van der Waals surface area contributed by atoms with Gasteiger partial charge in [-0.05, 0) is 54.5 Å². The van der Waals surface area contributed by atoms with E-state index in [9.17, 15) is 9.18 Å². The van der Waals surface area contributed by atoms with Crippen LogP contribution in [0.2, 0.25) is 0 Å². The molecule has 0 bridgehead atoms. The van der Waals surface area contributed by atoms with Crippen molar-refractivity contribution < 1.29 is 9.18 Å². The van der Waals surface area contributed by atoms with Gasteiger partial charge in [0.2, 0.25) is 0 Å². The van der Waals surface area contributed by atoms with Crippen molar-refractivity contribution in [2.24, 2.45) is 18.9 Å². The standard InChI is InChI=1S/C31H40FN7O/c1-19-13-31(14-19,29-37-34-18-38(29)5)22-7-6-8-23(12-22)35-28(40)25-11-21(16-39-10-9-24(32)20(2)15-39)26-27(36-25)30(3,4)17-33-26/h6-8,11-12,18-20,24,33H,9-10,13-17H2,1-5H3,(H,35,40)/t19?,20-,24+,31?/m1/s1. The van der Waals surface area contributed by atoms with E-state index in [-0.39, 0.29) is 22.7 Å². The summed E-state index contributed by atoms with van der Waals surface area (Å²) in [5, 5.41) is 15.3. The van der Waals surface area contributed by atoms with Crippen LogP contribution < -0.4 is 10.6 Å². The number of hydrogen-bond donors (Lipinski definition) is 2. The van der Waals surface area contributed by atoms with Crippen molar-refractivity contribution in [1.29, 1.82) is 0 Å². The third kappa shape index (κ3) is 4.68. The van der Waals surface area contributed by atoms with Gasteiger partial charge in [-0.2, -0.15) is 0 Å². The molecule has 1 saturated carbocycles. The van der Waals surface area contributed by atoms with E-state index in [4.69, 9.17) is 4.98 Å². The number of alkyl halides is 1. The molecule has 8 nitrogen and oxygen atoms in total. The Morgan fingerprint density at radius 2 is 2.02 bits per heavy atom. The number of fused-ring (bicyclic) bond motifs is 1. The molecule has 40 heavy (non-hydrogen) atoms. The highest BCUT2D eigenvalue weighted by Gasteiger charge is 2.48. The van der Waals surface area contributed by atoms with E-state index in [0.29, 0.717) is 37.7 Å². The number of anilines is 2. The van der Waals surface area contributed by atoms with Crippen LogP contribution >= 0.6 is 0 Å². The van der Waals surface area contributed by atoms with Crippen molar-refractivity contribution in [3.05, 3.63) is 65.0 Å². The van der Waals surface area contributed by atoms with Gasteiger partial charge in [-0.3, -0.25) is 9.69 Å². The van der Waals surface area contributed by atoms with Crippen LogP contribution in [0.25, 0.3) is 0 Å². The van der Waals surface area contributed by atoms with Crippen LogP contribution in [0.4, 0.5) is 15.8 Å². The average molecular weight is 546 g/mol. The number of nitrogens with zero attached hydrogens (tertiary/aromatic N) is 5. The fourth-order valence-electron chi connectivity index (χ4n) is 6.99. The minimum atomic E-state index is -0.746. The fraction of sp³-hybridized carbons (Fsp3) is 0.548. The Hall–Kier alpha value is -3.33. The summed E-state index contributed by atoms with van der Waals surface area (Å²) in [5.74, 6) is 1.33. The Kier molecular flexibility index (Phi) is 6.68. The molecule has 2 N–H and O–H groups in total. The van der Waals surface area contributed by atoms with Crippen molar-refractivity contribution in [2.75, 3.05) is 30.3 Å². The summed E-state index contributed by atoms with van der Waals surface area (Å²) in [5.41, 5.74) is 4.87. The van der Waals surface area contributed by atoms with Gasteiger partial charge in [0.25, 0.3) is 5.91 Å². The first-order valence-electron chi connectivity index (χ1n) is 14.5. The first kappa shape index (κ1) is 26.9. The average Bonchev–Trinajstić information content (AvgIpc) is 3.46. The number of carbonyl (C=O) groups excluding carboxylic acids is 1. The zero-order valence-corrected chi connectivity index (χ0v) is 24.2. The quantitative estimate of drug-likeness (QED) is 0.450. The normalized spacial score (nSPS) is 27.5. The summed E-state index contributed by atoms with van der Waals surface area (Å²) in [7, 11) is 1.99. The lowest BCUT2D eigenvalue weighted by atomic mass is 9.58. The lowest BCUT2D eigenvalue weighted by molar-refractivity contribution is 0.0927. The van der Waals surface area contributed by atoms with Crippen molar-refractivity contribution in [1.82, 2.24) is 24.6 Å². The number of benzene rings is 1. The Balaban J connectivity index is 1.28. The van der Waals surface area contributed by atoms with Gasteiger partial charge in [-0.25, -0.2) is 9.37 Å². The van der Waals surface area contributed by atoms with Crippen molar-refractivity contribution in [2.45, 2.75) is 70.5 Å². The Bertz CT molecular complexity index is 1430. The van der Waals surface area contributed by atoms with E-state index in [2.05, 4.69) is 58.6 Å². The van der Waals surface area contributed by atoms with E-state index in [1.54, 1.807) is 6.33 Å². The third-order valence-electron chi connectivity index (χ3n) is 9.17. The molecule has 0 radical (unpaired) electrons. The molecule has 3 aliphatic rings. The van der Waals surface area contributed by atoms with Gasteiger partial charge in [-0.15, -0.1) is 10.2 Å². The topological polar surface area (TPSA) is 88.0 Å². The molecule has 1 aliphatic carbocycles. The zero-order chi connectivity index (χ0) is 28.2. The van der Waals surface area contributed by atoms with Crippen LogP contribution in [0, 0.1) is 11.8 Å². The molecule has 1 amide bonds. The second-order valence-corrected chi connectivity index (χ2v) is 13.0. The van der Waals surface area contributed by atoms with E-state index in [1.165, 1.54) is 0 Å².